The lowest BCUT2D eigenvalue weighted by atomic mass is 10.2. The fourth-order valence-corrected chi connectivity index (χ4v) is 1.34. The largest absolute Gasteiger partial charge is 0.491 e. The predicted octanol–water partition coefficient (Wildman–Crippen LogP) is 2.56. The first kappa shape index (κ1) is 15.1. The normalized spacial score (nSPS) is 12.6. The summed E-state index contributed by atoms with van der Waals surface area (Å²) in [6.45, 7) is 7.68. The number of nitrogens with one attached hydrogen (secondary N) is 1. The molecule has 0 bridgehead atoms. The van der Waals surface area contributed by atoms with E-state index >= 15 is 0 Å². The summed E-state index contributed by atoms with van der Waals surface area (Å²) < 4.78 is 10.7. The van der Waals surface area contributed by atoms with Gasteiger partial charge in [-0.25, -0.2) is 4.79 Å². The molecule has 19 heavy (non-hydrogen) atoms. The van der Waals surface area contributed by atoms with Crippen molar-refractivity contribution in [3.63, 3.8) is 0 Å². The van der Waals surface area contributed by atoms with Crippen LogP contribution in [0.25, 0.3) is 0 Å². The van der Waals surface area contributed by atoms with Crippen LogP contribution in [0.4, 0.5) is 10.5 Å². The number of benzene rings is 1. The van der Waals surface area contributed by atoms with Crippen molar-refractivity contribution in [3.05, 3.63) is 24.3 Å². The van der Waals surface area contributed by atoms with Crippen LogP contribution in [0.1, 0.15) is 27.7 Å². The number of hydrogen-bond donors (Lipinski definition) is 2. The van der Waals surface area contributed by atoms with E-state index in [1.54, 1.807) is 24.3 Å². The number of carbonyl (C=O) groups is 1. The maximum atomic E-state index is 11.5. The zero-order valence-electron chi connectivity index (χ0n) is 11.9. The zero-order valence-corrected chi connectivity index (χ0v) is 11.9. The van der Waals surface area contributed by atoms with Crippen molar-refractivity contribution in [2.75, 3.05) is 12.3 Å². The third-order valence-electron chi connectivity index (χ3n) is 2.14. The molecule has 0 fully saturated rings. The number of hydrogen-bond acceptors (Lipinski definition) is 4. The lowest BCUT2D eigenvalue weighted by Crippen LogP contribution is -2.40. The van der Waals surface area contributed by atoms with Crippen LogP contribution >= 0.6 is 0 Å². The summed E-state index contributed by atoms with van der Waals surface area (Å²) in [5.74, 6) is 0.715. The molecule has 0 aliphatic rings. The van der Waals surface area contributed by atoms with E-state index in [9.17, 15) is 4.79 Å². The molecule has 1 rings (SSSR count). The van der Waals surface area contributed by atoms with E-state index in [1.165, 1.54) is 0 Å². The van der Waals surface area contributed by atoms with Gasteiger partial charge in [0.15, 0.2) is 0 Å². The molecule has 106 valence electrons. The van der Waals surface area contributed by atoms with Crippen LogP contribution in [0.15, 0.2) is 24.3 Å². The van der Waals surface area contributed by atoms with Gasteiger partial charge in [-0.15, -0.1) is 0 Å². The van der Waals surface area contributed by atoms with Crippen LogP contribution in [-0.4, -0.2) is 24.3 Å². The SMILES string of the molecule is C[C@@H](COc1ccc(N)cc1)NC(=O)OC(C)(C)C. The highest BCUT2D eigenvalue weighted by Crippen LogP contribution is 2.13. The zero-order chi connectivity index (χ0) is 14.5. The van der Waals surface area contributed by atoms with Gasteiger partial charge in [0.05, 0.1) is 6.04 Å². The molecule has 1 amide bonds. The van der Waals surface area contributed by atoms with Gasteiger partial charge in [0, 0.05) is 5.69 Å². The molecule has 0 unspecified atom stereocenters. The van der Waals surface area contributed by atoms with Gasteiger partial charge in [0.1, 0.15) is 18.0 Å². The predicted molar refractivity (Wildman–Crippen MR) is 75.2 cm³/mol. The third kappa shape index (κ3) is 6.55. The van der Waals surface area contributed by atoms with E-state index in [-0.39, 0.29) is 6.04 Å². The maximum Gasteiger partial charge on any atom is 0.407 e. The number of rotatable bonds is 4. The number of alkyl carbamates (subject to hydrolysis) is 1. The summed E-state index contributed by atoms with van der Waals surface area (Å²) in [6.07, 6.45) is -0.444. The van der Waals surface area contributed by atoms with Crippen molar-refractivity contribution >= 4 is 11.8 Å². The summed E-state index contributed by atoms with van der Waals surface area (Å²) in [6, 6.07) is 6.96. The van der Waals surface area contributed by atoms with Crippen LogP contribution in [0, 0.1) is 0 Å². The van der Waals surface area contributed by atoms with Crippen molar-refractivity contribution in [3.8, 4) is 5.75 Å². The summed E-state index contributed by atoms with van der Waals surface area (Å²) in [7, 11) is 0. The molecule has 1 atom stereocenters. The number of nitrogens with two attached hydrogens (primary N) is 1. The molecule has 0 aliphatic carbocycles. The van der Waals surface area contributed by atoms with Gasteiger partial charge < -0.3 is 20.5 Å². The molecular weight excluding hydrogens is 244 g/mol. The van der Waals surface area contributed by atoms with E-state index in [1.807, 2.05) is 27.7 Å². The van der Waals surface area contributed by atoms with E-state index in [4.69, 9.17) is 15.2 Å². The second kappa shape index (κ2) is 6.31. The van der Waals surface area contributed by atoms with Crippen molar-refractivity contribution in [2.24, 2.45) is 0 Å². The lowest BCUT2D eigenvalue weighted by Gasteiger charge is -2.22. The van der Waals surface area contributed by atoms with Crippen molar-refractivity contribution in [1.29, 1.82) is 0 Å². The second-order valence-electron chi connectivity index (χ2n) is 5.43. The fourth-order valence-electron chi connectivity index (χ4n) is 1.34. The Morgan fingerprint density at radius 2 is 1.89 bits per heavy atom. The first-order valence-corrected chi connectivity index (χ1v) is 6.24. The molecule has 0 saturated heterocycles. The van der Waals surface area contributed by atoms with Crippen molar-refractivity contribution in [2.45, 2.75) is 39.3 Å². The number of carbonyl (C=O) groups excluding carboxylic acids is 1. The average Bonchev–Trinajstić information content (AvgIpc) is 2.25. The number of nitrogen functional groups attached to an aromatic ring is 1. The fraction of sp³-hybridized carbons (Fsp3) is 0.500. The van der Waals surface area contributed by atoms with Crippen molar-refractivity contribution < 1.29 is 14.3 Å². The topological polar surface area (TPSA) is 73.6 Å². The summed E-state index contributed by atoms with van der Waals surface area (Å²) in [5.41, 5.74) is 5.77. The van der Waals surface area contributed by atoms with Crippen LogP contribution in [0.5, 0.6) is 5.75 Å². The van der Waals surface area contributed by atoms with Gasteiger partial charge in [-0.2, -0.15) is 0 Å². The molecule has 3 N–H and O–H groups in total. The minimum Gasteiger partial charge on any atom is -0.491 e. The Labute approximate surface area is 114 Å². The van der Waals surface area contributed by atoms with Gasteiger partial charge >= 0.3 is 6.09 Å². The minimum atomic E-state index is -0.498. The Morgan fingerprint density at radius 1 is 1.32 bits per heavy atom. The molecule has 1 aromatic carbocycles. The highest BCUT2D eigenvalue weighted by Gasteiger charge is 2.17. The van der Waals surface area contributed by atoms with E-state index in [0.29, 0.717) is 18.0 Å². The molecule has 5 heteroatoms. The molecular formula is C14H22N2O3. The monoisotopic (exact) mass is 266 g/mol. The van der Waals surface area contributed by atoms with Gasteiger partial charge in [0.25, 0.3) is 0 Å². The summed E-state index contributed by atoms with van der Waals surface area (Å²) >= 11 is 0. The smallest absolute Gasteiger partial charge is 0.407 e. The van der Waals surface area contributed by atoms with Crippen LogP contribution in [-0.2, 0) is 4.74 Å². The van der Waals surface area contributed by atoms with E-state index < -0.39 is 11.7 Å². The maximum absolute atomic E-state index is 11.5. The van der Waals surface area contributed by atoms with E-state index in [2.05, 4.69) is 5.32 Å². The first-order valence-electron chi connectivity index (χ1n) is 6.24. The Bertz CT molecular complexity index is 410. The van der Waals surface area contributed by atoms with Gasteiger partial charge in [0.2, 0.25) is 0 Å². The van der Waals surface area contributed by atoms with Crippen LogP contribution < -0.4 is 15.8 Å². The minimum absolute atomic E-state index is 0.146. The number of ether oxygens (including phenoxy) is 2. The molecule has 0 aromatic heterocycles. The molecule has 0 saturated carbocycles. The number of amides is 1. The van der Waals surface area contributed by atoms with Gasteiger partial charge in [-0.3, -0.25) is 0 Å². The Morgan fingerprint density at radius 3 is 2.42 bits per heavy atom. The van der Waals surface area contributed by atoms with E-state index in [0.717, 1.165) is 0 Å². The quantitative estimate of drug-likeness (QED) is 0.821. The average molecular weight is 266 g/mol. The number of anilines is 1. The third-order valence-corrected chi connectivity index (χ3v) is 2.14. The van der Waals surface area contributed by atoms with Gasteiger partial charge in [-0.1, -0.05) is 0 Å². The first-order chi connectivity index (χ1) is 8.76. The molecule has 0 radical (unpaired) electrons. The van der Waals surface area contributed by atoms with Gasteiger partial charge in [-0.05, 0) is 52.0 Å². The van der Waals surface area contributed by atoms with Crippen LogP contribution in [0.2, 0.25) is 0 Å². The lowest BCUT2D eigenvalue weighted by molar-refractivity contribution is 0.0494. The Kier molecular flexibility index (Phi) is 5.03. The van der Waals surface area contributed by atoms with Crippen molar-refractivity contribution in [1.82, 2.24) is 5.32 Å². The highest BCUT2D eigenvalue weighted by molar-refractivity contribution is 5.68. The Balaban J connectivity index is 2.33. The summed E-state index contributed by atoms with van der Waals surface area (Å²) in [5, 5.41) is 2.71. The molecule has 1 aromatic rings. The standard InChI is InChI=1S/C14H22N2O3/c1-10(16-13(17)19-14(2,3)4)9-18-12-7-5-11(15)6-8-12/h5-8,10H,9,15H2,1-4H3,(H,16,17)/t10-/m0/s1. The Hall–Kier alpha value is -1.91. The molecule has 5 nitrogen and oxygen atoms in total. The highest BCUT2D eigenvalue weighted by atomic mass is 16.6. The second-order valence-corrected chi connectivity index (χ2v) is 5.43. The summed E-state index contributed by atoms with van der Waals surface area (Å²) in [4.78, 5) is 11.5. The molecule has 0 spiro atoms. The molecule has 0 aliphatic heterocycles. The molecule has 0 heterocycles. The van der Waals surface area contributed by atoms with Crippen LogP contribution in [0.3, 0.4) is 0 Å².